The Hall–Kier alpha value is -2.94. The molecule has 3 heterocycles. The molecule has 3 atom stereocenters. The minimum Gasteiger partial charge on any atom is -0.504 e. The van der Waals surface area contributed by atoms with Gasteiger partial charge in [0.1, 0.15) is 12.4 Å². The van der Waals surface area contributed by atoms with Gasteiger partial charge in [0, 0.05) is 34.8 Å². The fraction of sp³-hybridized carbons (Fsp3) is 0.533. The van der Waals surface area contributed by atoms with Gasteiger partial charge in [0.05, 0.1) is 25.8 Å². The molecule has 5 rings (SSSR count). The summed E-state index contributed by atoms with van der Waals surface area (Å²) in [5, 5.41) is 22.2. The van der Waals surface area contributed by atoms with Crippen molar-refractivity contribution >= 4 is 0 Å². The van der Waals surface area contributed by atoms with Crippen molar-refractivity contribution in [1.82, 2.24) is 9.80 Å². The molecule has 8 nitrogen and oxygen atoms in total. The van der Waals surface area contributed by atoms with Crippen molar-refractivity contribution in [1.29, 1.82) is 0 Å². The molecule has 0 fully saturated rings. The van der Waals surface area contributed by atoms with Crippen LogP contribution in [0.5, 0.6) is 28.7 Å². The minimum atomic E-state index is -0.303. The Morgan fingerprint density at radius 2 is 1.87 bits per heavy atom. The van der Waals surface area contributed by atoms with Crippen molar-refractivity contribution < 1.29 is 29.2 Å². The Morgan fingerprint density at radius 1 is 1.16 bits per heavy atom. The Balaban J connectivity index is 0.00000164. The van der Waals surface area contributed by atoms with Gasteiger partial charge in [-0.1, -0.05) is 32.6 Å². The lowest BCUT2D eigenvalue weighted by Crippen LogP contribution is -2.50. The first-order valence-corrected chi connectivity index (χ1v) is 13.4. The maximum absolute atomic E-state index is 11.4. The summed E-state index contributed by atoms with van der Waals surface area (Å²) >= 11 is 0. The van der Waals surface area contributed by atoms with E-state index in [0.717, 1.165) is 52.1 Å². The third-order valence-electron chi connectivity index (χ3n) is 7.85. The molecule has 0 saturated carbocycles. The number of ether oxygens (including phenoxy) is 4. The standard InChI is InChI=1S/C28H36N2O6.C2H6/c1-7-10-34-26-16(3)27-28(36-14-35-27)22-18(26)12-19-23(29(4)5)21-17(8-9-30(19)20(22)13-31)11-15(2)25(33-6)24(21)32;1-2/h7,11,19-20,23,31-32H,1,8-10,12-14H2,2-6H3;1-2H3. The van der Waals surface area contributed by atoms with Gasteiger partial charge in [-0.2, -0.15) is 0 Å². The van der Waals surface area contributed by atoms with Gasteiger partial charge in [-0.25, -0.2) is 0 Å². The van der Waals surface area contributed by atoms with E-state index in [1.165, 1.54) is 0 Å². The summed E-state index contributed by atoms with van der Waals surface area (Å²) in [7, 11) is 5.66. The molecule has 0 radical (unpaired) electrons. The van der Waals surface area contributed by atoms with Crippen LogP contribution in [0.15, 0.2) is 18.7 Å². The maximum Gasteiger partial charge on any atom is 0.231 e. The molecule has 208 valence electrons. The highest BCUT2D eigenvalue weighted by Gasteiger charge is 2.47. The normalized spacial score (nSPS) is 21.4. The van der Waals surface area contributed by atoms with Gasteiger partial charge in [0.25, 0.3) is 0 Å². The number of benzene rings is 2. The van der Waals surface area contributed by atoms with Crippen LogP contribution in [0.4, 0.5) is 0 Å². The molecular weight excluding hydrogens is 484 g/mol. The number of aryl methyl sites for hydroxylation is 1. The predicted molar refractivity (Wildman–Crippen MR) is 148 cm³/mol. The summed E-state index contributed by atoms with van der Waals surface area (Å²) in [6.45, 7) is 12.9. The predicted octanol–water partition coefficient (Wildman–Crippen LogP) is 4.46. The van der Waals surface area contributed by atoms with E-state index in [1.807, 2.05) is 41.8 Å². The van der Waals surface area contributed by atoms with Crippen LogP contribution in [0.2, 0.25) is 0 Å². The lowest BCUT2D eigenvalue weighted by atomic mass is 9.81. The van der Waals surface area contributed by atoms with Gasteiger partial charge >= 0.3 is 0 Å². The Bertz CT molecular complexity index is 1190. The van der Waals surface area contributed by atoms with Crippen LogP contribution >= 0.6 is 0 Å². The number of methoxy groups -OCH3 is 1. The molecule has 3 aliphatic rings. The molecule has 3 aliphatic heterocycles. The van der Waals surface area contributed by atoms with Crippen LogP contribution in [-0.2, 0) is 12.8 Å². The minimum absolute atomic E-state index is 0.0323. The molecule has 0 bridgehead atoms. The molecule has 0 aromatic heterocycles. The number of fused-ring (bicyclic) bond motifs is 5. The fourth-order valence-corrected chi connectivity index (χ4v) is 6.48. The summed E-state index contributed by atoms with van der Waals surface area (Å²) in [6.07, 6.45) is 3.13. The van der Waals surface area contributed by atoms with Crippen molar-refractivity contribution in [3.8, 4) is 28.7 Å². The molecule has 0 amide bonds. The fourth-order valence-electron chi connectivity index (χ4n) is 6.48. The van der Waals surface area contributed by atoms with Crippen LogP contribution in [0, 0.1) is 13.8 Å². The number of aliphatic hydroxyl groups excluding tert-OH is 1. The molecule has 38 heavy (non-hydrogen) atoms. The number of phenolic OH excluding ortho intramolecular Hbond substituents is 1. The Kier molecular flexibility index (Phi) is 8.45. The van der Waals surface area contributed by atoms with Crippen molar-refractivity contribution in [3.05, 3.63) is 52.1 Å². The Labute approximate surface area is 226 Å². The summed E-state index contributed by atoms with van der Waals surface area (Å²) in [4.78, 5) is 4.52. The lowest BCUT2D eigenvalue weighted by Gasteiger charge is -2.47. The van der Waals surface area contributed by atoms with Gasteiger partial charge in [-0.3, -0.25) is 4.90 Å². The van der Waals surface area contributed by atoms with E-state index in [2.05, 4.69) is 22.4 Å². The second-order valence-electron chi connectivity index (χ2n) is 10.0. The van der Waals surface area contributed by atoms with Crippen molar-refractivity contribution in [3.63, 3.8) is 0 Å². The van der Waals surface area contributed by atoms with E-state index in [1.54, 1.807) is 13.2 Å². The van der Waals surface area contributed by atoms with Crippen LogP contribution in [0.25, 0.3) is 0 Å². The van der Waals surface area contributed by atoms with Gasteiger partial charge in [0.2, 0.25) is 6.79 Å². The maximum atomic E-state index is 11.4. The third kappa shape index (κ3) is 4.38. The summed E-state index contributed by atoms with van der Waals surface area (Å²) in [5.41, 5.74) is 5.75. The lowest BCUT2D eigenvalue weighted by molar-refractivity contribution is 0.0317. The van der Waals surface area contributed by atoms with E-state index in [4.69, 9.17) is 18.9 Å². The highest BCUT2D eigenvalue weighted by molar-refractivity contribution is 5.66. The van der Waals surface area contributed by atoms with Crippen molar-refractivity contribution in [2.75, 3.05) is 47.8 Å². The molecule has 2 N–H and O–H groups in total. The molecule has 3 unspecified atom stereocenters. The van der Waals surface area contributed by atoms with Gasteiger partial charge < -0.3 is 34.1 Å². The monoisotopic (exact) mass is 526 g/mol. The smallest absolute Gasteiger partial charge is 0.231 e. The first-order chi connectivity index (χ1) is 18.3. The zero-order chi connectivity index (χ0) is 27.7. The average Bonchev–Trinajstić information content (AvgIpc) is 3.33. The number of hydrogen-bond donors (Lipinski definition) is 2. The van der Waals surface area contributed by atoms with E-state index in [-0.39, 0.29) is 37.3 Å². The molecule has 2 aromatic carbocycles. The van der Waals surface area contributed by atoms with Crippen molar-refractivity contribution in [2.45, 2.75) is 58.7 Å². The number of aromatic hydroxyl groups is 1. The van der Waals surface area contributed by atoms with Gasteiger partial charge in [0.15, 0.2) is 23.0 Å². The zero-order valence-electron chi connectivity index (χ0n) is 23.8. The van der Waals surface area contributed by atoms with E-state index in [9.17, 15) is 10.2 Å². The van der Waals surface area contributed by atoms with Gasteiger partial charge in [-0.15, -0.1) is 0 Å². The number of phenols is 1. The molecule has 0 aliphatic carbocycles. The van der Waals surface area contributed by atoms with E-state index in [0.29, 0.717) is 30.3 Å². The number of likely N-dealkylation sites (N-methyl/N-ethyl adjacent to an activating group) is 1. The summed E-state index contributed by atoms with van der Waals surface area (Å²) in [6, 6.07) is 1.65. The highest BCUT2D eigenvalue weighted by Crippen LogP contribution is 2.55. The Morgan fingerprint density at radius 3 is 2.50 bits per heavy atom. The van der Waals surface area contributed by atoms with Crippen LogP contribution < -0.4 is 18.9 Å². The first kappa shape index (κ1) is 28.1. The number of hydrogen-bond acceptors (Lipinski definition) is 8. The zero-order valence-corrected chi connectivity index (χ0v) is 23.8. The van der Waals surface area contributed by atoms with Crippen LogP contribution in [-0.4, -0.2) is 73.8 Å². The molecular formula is C30H42N2O6. The number of aliphatic hydroxyl groups is 1. The topological polar surface area (TPSA) is 83.9 Å². The number of rotatable bonds is 6. The van der Waals surface area contributed by atoms with Gasteiger partial charge in [-0.05, 0) is 51.9 Å². The second-order valence-corrected chi connectivity index (χ2v) is 10.0. The second kappa shape index (κ2) is 11.4. The number of nitrogens with zero attached hydrogens (tertiary/aromatic N) is 2. The quantitative estimate of drug-likeness (QED) is 0.534. The SMILES string of the molecule is C=CCOc1c(C)c2c(c3c1CC1C(N(C)C)c4c(cc(C)c(OC)c4O)CCN1C3CO)OCO2.CC. The van der Waals surface area contributed by atoms with E-state index >= 15 is 0 Å². The molecule has 8 heteroatoms. The third-order valence-corrected chi connectivity index (χ3v) is 7.85. The summed E-state index contributed by atoms with van der Waals surface area (Å²) < 4.78 is 23.6. The van der Waals surface area contributed by atoms with Crippen LogP contribution in [0.1, 0.15) is 59.3 Å². The summed E-state index contributed by atoms with van der Waals surface area (Å²) in [5.74, 6) is 2.86. The van der Waals surface area contributed by atoms with Crippen molar-refractivity contribution in [2.24, 2.45) is 0 Å². The van der Waals surface area contributed by atoms with Crippen LogP contribution in [0.3, 0.4) is 0 Å². The first-order valence-electron chi connectivity index (χ1n) is 13.4. The van der Waals surface area contributed by atoms with E-state index < -0.39 is 0 Å². The molecule has 0 saturated heterocycles. The molecule has 2 aromatic rings. The average molecular weight is 527 g/mol. The largest absolute Gasteiger partial charge is 0.504 e. The highest BCUT2D eigenvalue weighted by atomic mass is 16.7. The molecule has 0 spiro atoms.